The Kier molecular flexibility index (Phi) is 6.19. The highest BCUT2D eigenvalue weighted by Gasteiger charge is 2.15. The molecule has 7 heteroatoms. The highest BCUT2D eigenvalue weighted by molar-refractivity contribution is 5.65. The second kappa shape index (κ2) is 6.88. The molecule has 88 valence electrons. The zero-order valence-corrected chi connectivity index (χ0v) is 8.78. The SMILES string of the molecule is CCC(NC(=O)O)NC(CC)NC(=O)O. The maximum absolute atomic E-state index is 10.4. The van der Waals surface area contributed by atoms with Crippen molar-refractivity contribution in [2.75, 3.05) is 0 Å². The van der Waals surface area contributed by atoms with Crippen molar-refractivity contribution in [1.82, 2.24) is 16.0 Å². The number of hydrogen-bond donors (Lipinski definition) is 5. The molecular formula is C8H17N3O4. The molecule has 0 spiro atoms. The molecule has 0 heterocycles. The van der Waals surface area contributed by atoms with E-state index >= 15 is 0 Å². The maximum atomic E-state index is 10.4. The molecule has 15 heavy (non-hydrogen) atoms. The van der Waals surface area contributed by atoms with Gasteiger partial charge in [0.05, 0.1) is 12.3 Å². The molecule has 0 aromatic carbocycles. The topological polar surface area (TPSA) is 111 Å². The molecule has 0 aliphatic rings. The van der Waals surface area contributed by atoms with E-state index in [0.29, 0.717) is 12.8 Å². The van der Waals surface area contributed by atoms with Gasteiger partial charge in [-0.15, -0.1) is 0 Å². The molecule has 0 aliphatic carbocycles. The van der Waals surface area contributed by atoms with E-state index < -0.39 is 24.5 Å². The van der Waals surface area contributed by atoms with Crippen LogP contribution < -0.4 is 16.0 Å². The predicted octanol–water partition coefficient (Wildman–Crippen LogP) is 0.583. The lowest BCUT2D eigenvalue weighted by molar-refractivity contribution is 0.176. The minimum absolute atomic E-state index is 0.459. The van der Waals surface area contributed by atoms with Crippen LogP contribution in [0.5, 0.6) is 0 Å². The summed E-state index contributed by atoms with van der Waals surface area (Å²) in [5.41, 5.74) is 0. The third-order valence-corrected chi connectivity index (χ3v) is 1.81. The van der Waals surface area contributed by atoms with Crippen molar-refractivity contribution in [3.8, 4) is 0 Å². The molecule has 0 aromatic rings. The smallest absolute Gasteiger partial charge is 0.405 e. The first-order valence-electron chi connectivity index (χ1n) is 4.74. The van der Waals surface area contributed by atoms with Crippen LogP contribution in [-0.4, -0.2) is 34.7 Å². The summed E-state index contributed by atoms with van der Waals surface area (Å²) in [5.74, 6) is 0. The van der Waals surface area contributed by atoms with Crippen molar-refractivity contribution in [2.24, 2.45) is 0 Å². The average molecular weight is 219 g/mol. The maximum Gasteiger partial charge on any atom is 0.405 e. The lowest BCUT2D eigenvalue weighted by atomic mass is 10.3. The van der Waals surface area contributed by atoms with Gasteiger partial charge in [-0.05, 0) is 12.8 Å². The average Bonchev–Trinajstić information content (AvgIpc) is 2.14. The number of hydrogen-bond acceptors (Lipinski definition) is 3. The molecule has 0 rings (SSSR count). The summed E-state index contributed by atoms with van der Waals surface area (Å²) in [6.45, 7) is 3.59. The fraction of sp³-hybridized carbons (Fsp3) is 0.750. The Hall–Kier alpha value is -1.50. The van der Waals surface area contributed by atoms with Crippen molar-refractivity contribution >= 4 is 12.2 Å². The predicted molar refractivity (Wildman–Crippen MR) is 53.6 cm³/mol. The quantitative estimate of drug-likeness (QED) is 0.420. The molecule has 2 amide bonds. The molecule has 0 saturated heterocycles. The van der Waals surface area contributed by atoms with E-state index in [0.717, 1.165) is 0 Å². The second-order valence-corrected chi connectivity index (χ2v) is 2.99. The van der Waals surface area contributed by atoms with Crippen LogP contribution in [0.15, 0.2) is 0 Å². The number of amides is 2. The Labute approximate surface area is 87.9 Å². The molecule has 5 N–H and O–H groups in total. The summed E-state index contributed by atoms with van der Waals surface area (Å²) in [5, 5.41) is 24.3. The van der Waals surface area contributed by atoms with E-state index in [1.165, 1.54) is 0 Å². The highest BCUT2D eigenvalue weighted by Crippen LogP contribution is 1.92. The van der Waals surface area contributed by atoms with E-state index in [1.807, 2.05) is 0 Å². The van der Waals surface area contributed by atoms with Gasteiger partial charge < -0.3 is 20.8 Å². The Morgan fingerprint density at radius 3 is 1.53 bits per heavy atom. The lowest BCUT2D eigenvalue weighted by Gasteiger charge is -2.23. The van der Waals surface area contributed by atoms with Gasteiger partial charge in [0.15, 0.2) is 0 Å². The molecule has 2 unspecified atom stereocenters. The number of carbonyl (C=O) groups is 2. The summed E-state index contributed by atoms with van der Waals surface area (Å²) in [6.07, 6.45) is -2.13. The van der Waals surface area contributed by atoms with Crippen LogP contribution in [0.2, 0.25) is 0 Å². The van der Waals surface area contributed by atoms with Crippen molar-refractivity contribution in [2.45, 2.75) is 39.0 Å². The van der Waals surface area contributed by atoms with E-state index in [1.54, 1.807) is 13.8 Å². The van der Waals surface area contributed by atoms with Gasteiger partial charge in [-0.1, -0.05) is 13.8 Å². The summed E-state index contributed by atoms with van der Waals surface area (Å²) in [7, 11) is 0. The Morgan fingerprint density at radius 2 is 1.33 bits per heavy atom. The van der Waals surface area contributed by atoms with Crippen LogP contribution in [0.4, 0.5) is 9.59 Å². The van der Waals surface area contributed by atoms with Gasteiger partial charge in [-0.2, -0.15) is 0 Å². The molecule has 0 aliphatic heterocycles. The molecule has 0 bridgehead atoms. The number of nitrogens with one attached hydrogen (secondary N) is 3. The Balaban J connectivity index is 4.10. The summed E-state index contributed by atoms with van der Waals surface area (Å²) in [4.78, 5) is 20.7. The van der Waals surface area contributed by atoms with Crippen molar-refractivity contribution in [3.05, 3.63) is 0 Å². The van der Waals surface area contributed by atoms with Crippen LogP contribution in [0.25, 0.3) is 0 Å². The second-order valence-electron chi connectivity index (χ2n) is 2.99. The lowest BCUT2D eigenvalue weighted by Crippen LogP contribution is -2.54. The zero-order valence-electron chi connectivity index (χ0n) is 8.78. The first-order valence-corrected chi connectivity index (χ1v) is 4.74. The largest absolute Gasteiger partial charge is 0.465 e. The van der Waals surface area contributed by atoms with Crippen LogP contribution in [0.3, 0.4) is 0 Å². The van der Waals surface area contributed by atoms with Crippen LogP contribution >= 0.6 is 0 Å². The highest BCUT2D eigenvalue weighted by atomic mass is 16.4. The first-order chi connectivity index (χ1) is 6.99. The fourth-order valence-corrected chi connectivity index (χ4v) is 1.06. The van der Waals surface area contributed by atoms with Crippen molar-refractivity contribution in [1.29, 1.82) is 0 Å². The van der Waals surface area contributed by atoms with Crippen molar-refractivity contribution < 1.29 is 19.8 Å². The summed E-state index contributed by atoms with van der Waals surface area (Å²) in [6, 6.07) is 0. The van der Waals surface area contributed by atoms with E-state index in [4.69, 9.17) is 10.2 Å². The van der Waals surface area contributed by atoms with Crippen molar-refractivity contribution in [3.63, 3.8) is 0 Å². The monoisotopic (exact) mass is 219 g/mol. The molecule has 0 radical (unpaired) electrons. The third-order valence-electron chi connectivity index (χ3n) is 1.81. The van der Waals surface area contributed by atoms with Gasteiger partial charge in [-0.3, -0.25) is 5.32 Å². The van der Waals surface area contributed by atoms with Gasteiger partial charge in [0, 0.05) is 0 Å². The Morgan fingerprint density at radius 1 is 1.00 bits per heavy atom. The zero-order chi connectivity index (χ0) is 11.8. The standard InChI is InChI=1S/C8H17N3O4/c1-3-5(10-7(12)13)9-6(4-2)11-8(14)15/h5-6,9-11H,3-4H2,1-2H3,(H,12,13)(H,14,15). The number of carboxylic acid groups (broad SMARTS) is 2. The molecule has 0 saturated carbocycles. The molecule has 0 fully saturated rings. The minimum Gasteiger partial charge on any atom is -0.465 e. The van der Waals surface area contributed by atoms with E-state index in [2.05, 4.69) is 16.0 Å². The first kappa shape index (κ1) is 13.5. The van der Waals surface area contributed by atoms with Crippen LogP contribution in [0.1, 0.15) is 26.7 Å². The van der Waals surface area contributed by atoms with Crippen LogP contribution in [0, 0.1) is 0 Å². The molecule has 0 aromatic heterocycles. The van der Waals surface area contributed by atoms with E-state index in [-0.39, 0.29) is 0 Å². The molecular weight excluding hydrogens is 202 g/mol. The Bertz CT molecular complexity index is 200. The molecule has 7 nitrogen and oxygen atoms in total. The van der Waals surface area contributed by atoms with Gasteiger partial charge in [0.2, 0.25) is 0 Å². The summed E-state index contributed by atoms with van der Waals surface area (Å²) < 4.78 is 0. The molecule has 2 atom stereocenters. The van der Waals surface area contributed by atoms with Gasteiger partial charge in [0.1, 0.15) is 0 Å². The van der Waals surface area contributed by atoms with Gasteiger partial charge >= 0.3 is 12.2 Å². The fourth-order valence-electron chi connectivity index (χ4n) is 1.06. The van der Waals surface area contributed by atoms with Crippen LogP contribution in [-0.2, 0) is 0 Å². The van der Waals surface area contributed by atoms with Gasteiger partial charge in [-0.25, -0.2) is 9.59 Å². The van der Waals surface area contributed by atoms with Gasteiger partial charge in [0.25, 0.3) is 0 Å². The number of rotatable bonds is 6. The van der Waals surface area contributed by atoms with E-state index in [9.17, 15) is 9.59 Å². The third kappa shape index (κ3) is 6.55. The summed E-state index contributed by atoms with van der Waals surface area (Å²) >= 11 is 0. The normalized spacial score (nSPS) is 14.0. The minimum atomic E-state index is -1.14.